The minimum absolute atomic E-state index is 0.0197. The van der Waals surface area contributed by atoms with Crippen LogP contribution in [0.3, 0.4) is 0 Å². The van der Waals surface area contributed by atoms with Crippen LogP contribution >= 0.6 is 0 Å². The van der Waals surface area contributed by atoms with Crippen molar-refractivity contribution in [3.8, 4) is 16.9 Å². The topological polar surface area (TPSA) is 63.6 Å². The average molecular weight is 522 g/mol. The molecule has 0 unspecified atom stereocenters. The van der Waals surface area contributed by atoms with Crippen molar-refractivity contribution in [3.05, 3.63) is 100.0 Å². The molecule has 1 saturated heterocycles. The predicted octanol–water partition coefficient (Wildman–Crippen LogP) is 5.39. The van der Waals surface area contributed by atoms with Crippen molar-refractivity contribution >= 4 is 16.7 Å². The fourth-order valence-corrected chi connectivity index (χ4v) is 5.38. The maximum absolute atomic E-state index is 13.4. The monoisotopic (exact) mass is 521 g/mol. The maximum Gasteiger partial charge on any atom is 0.258 e. The molecule has 3 aromatic carbocycles. The van der Waals surface area contributed by atoms with Crippen LogP contribution in [0, 0.1) is 6.92 Å². The second-order valence-electron chi connectivity index (χ2n) is 10.9. The Labute approximate surface area is 229 Å². The zero-order valence-corrected chi connectivity index (χ0v) is 22.5. The number of ether oxygens (including phenoxy) is 1. The first-order valence-corrected chi connectivity index (χ1v) is 14.0. The quantitative estimate of drug-likeness (QED) is 0.321. The SMILES string of the molecule is Cc1ccc(C(=O)NC2CC2)cc1-c1ccc2c(=O)n(Cc3cccc(OCCN4CCCC4)c3)ccc2c1. The molecule has 2 aliphatic rings. The summed E-state index contributed by atoms with van der Waals surface area (Å²) in [4.78, 5) is 28.4. The van der Waals surface area contributed by atoms with Gasteiger partial charge in [-0.1, -0.05) is 24.3 Å². The van der Waals surface area contributed by atoms with E-state index in [0.29, 0.717) is 30.1 Å². The van der Waals surface area contributed by atoms with Gasteiger partial charge in [0.25, 0.3) is 11.5 Å². The molecule has 6 heteroatoms. The number of carbonyl (C=O) groups is 1. The smallest absolute Gasteiger partial charge is 0.258 e. The van der Waals surface area contributed by atoms with E-state index < -0.39 is 0 Å². The van der Waals surface area contributed by atoms with Gasteiger partial charge in [0.05, 0.1) is 6.54 Å². The standard InChI is InChI=1S/C33H35N3O3/c1-23-7-8-27(32(37)34-28-10-11-28)21-31(23)25-9-12-30-26(20-25)13-16-36(33(30)38)22-24-5-4-6-29(19-24)39-18-17-35-14-2-3-15-35/h4-9,12-13,16,19-21,28H,2-3,10-11,14-15,17-18,22H2,1H3,(H,34,37). The Morgan fingerprint density at radius 3 is 2.67 bits per heavy atom. The van der Waals surface area contributed by atoms with E-state index in [2.05, 4.69) is 10.2 Å². The van der Waals surface area contributed by atoms with Crippen molar-refractivity contribution in [1.29, 1.82) is 0 Å². The summed E-state index contributed by atoms with van der Waals surface area (Å²) in [6.07, 6.45) is 6.55. The molecular weight excluding hydrogens is 486 g/mol. The fourth-order valence-electron chi connectivity index (χ4n) is 5.38. The Hall–Kier alpha value is -3.90. The Balaban J connectivity index is 1.19. The number of fused-ring (bicyclic) bond motifs is 1. The lowest BCUT2D eigenvalue weighted by Crippen LogP contribution is -2.25. The molecule has 4 aromatic rings. The van der Waals surface area contributed by atoms with Gasteiger partial charge >= 0.3 is 0 Å². The van der Waals surface area contributed by atoms with E-state index in [1.165, 1.54) is 25.9 Å². The molecule has 1 N–H and O–H groups in total. The number of rotatable bonds is 9. The second-order valence-corrected chi connectivity index (χ2v) is 10.9. The van der Waals surface area contributed by atoms with E-state index in [9.17, 15) is 9.59 Å². The Morgan fingerprint density at radius 1 is 1.00 bits per heavy atom. The Morgan fingerprint density at radius 2 is 1.85 bits per heavy atom. The number of pyridine rings is 1. The highest BCUT2D eigenvalue weighted by atomic mass is 16.5. The first-order chi connectivity index (χ1) is 19.0. The molecule has 1 aliphatic heterocycles. The molecule has 1 aliphatic carbocycles. The molecule has 200 valence electrons. The molecule has 1 amide bonds. The highest BCUT2D eigenvalue weighted by Gasteiger charge is 2.24. The van der Waals surface area contributed by atoms with Gasteiger partial charge in [-0.2, -0.15) is 0 Å². The van der Waals surface area contributed by atoms with Crippen molar-refractivity contribution < 1.29 is 9.53 Å². The van der Waals surface area contributed by atoms with Crippen molar-refractivity contribution in [2.24, 2.45) is 0 Å². The Bertz CT molecular complexity index is 1560. The molecule has 1 saturated carbocycles. The zero-order chi connectivity index (χ0) is 26.8. The van der Waals surface area contributed by atoms with E-state index in [1.807, 2.05) is 79.9 Å². The lowest BCUT2D eigenvalue weighted by molar-refractivity contribution is 0.0951. The van der Waals surface area contributed by atoms with Gasteiger partial charge < -0.3 is 14.6 Å². The molecule has 0 atom stereocenters. The van der Waals surface area contributed by atoms with E-state index in [4.69, 9.17) is 4.74 Å². The molecule has 39 heavy (non-hydrogen) atoms. The van der Waals surface area contributed by atoms with Gasteiger partial charge in [0.1, 0.15) is 12.4 Å². The summed E-state index contributed by atoms with van der Waals surface area (Å²) in [5.41, 5.74) is 4.77. The molecule has 2 fully saturated rings. The summed E-state index contributed by atoms with van der Waals surface area (Å²) >= 11 is 0. The number of hydrogen-bond acceptors (Lipinski definition) is 4. The van der Waals surface area contributed by atoms with E-state index >= 15 is 0 Å². The third-order valence-electron chi connectivity index (χ3n) is 7.83. The number of nitrogens with one attached hydrogen (secondary N) is 1. The third kappa shape index (κ3) is 5.91. The number of amides is 1. The first kappa shape index (κ1) is 25.4. The van der Waals surface area contributed by atoms with E-state index in [1.54, 1.807) is 4.57 Å². The third-order valence-corrected chi connectivity index (χ3v) is 7.83. The van der Waals surface area contributed by atoms with Crippen LogP contribution in [0.15, 0.2) is 77.7 Å². The van der Waals surface area contributed by atoms with Gasteiger partial charge in [-0.25, -0.2) is 0 Å². The molecule has 6 rings (SSSR count). The number of carbonyl (C=O) groups excluding carboxylic acids is 1. The van der Waals surface area contributed by atoms with Crippen LogP contribution in [0.1, 0.15) is 47.2 Å². The first-order valence-electron chi connectivity index (χ1n) is 14.0. The molecule has 0 bridgehead atoms. The molecule has 0 spiro atoms. The van der Waals surface area contributed by atoms with Crippen molar-refractivity contribution in [2.45, 2.75) is 45.2 Å². The van der Waals surface area contributed by atoms with Gasteiger partial charge in [-0.15, -0.1) is 0 Å². The number of benzene rings is 3. The zero-order valence-electron chi connectivity index (χ0n) is 22.5. The van der Waals surface area contributed by atoms with Crippen LogP contribution in [0.25, 0.3) is 21.9 Å². The largest absolute Gasteiger partial charge is 0.492 e. The molecule has 2 heterocycles. The van der Waals surface area contributed by atoms with Crippen LogP contribution in [0.2, 0.25) is 0 Å². The summed E-state index contributed by atoms with van der Waals surface area (Å²) in [6.45, 7) is 6.49. The van der Waals surface area contributed by atoms with Gasteiger partial charge in [0.2, 0.25) is 0 Å². The average Bonchev–Trinajstić information content (AvgIpc) is 3.61. The lowest BCUT2D eigenvalue weighted by atomic mass is 9.96. The van der Waals surface area contributed by atoms with Crippen LogP contribution in [0.4, 0.5) is 0 Å². The minimum Gasteiger partial charge on any atom is -0.492 e. The van der Waals surface area contributed by atoms with Gasteiger partial charge in [0.15, 0.2) is 0 Å². The summed E-state index contributed by atoms with van der Waals surface area (Å²) in [6, 6.07) is 22.1. The van der Waals surface area contributed by atoms with Gasteiger partial charge in [0, 0.05) is 29.7 Å². The summed E-state index contributed by atoms with van der Waals surface area (Å²) in [5.74, 6) is 0.817. The number of nitrogens with zero attached hydrogens (tertiary/aromatic N) is 2. The molecule has 1 aromatic heterocycles. The summed E-state index contributed by atoms with van der Waals surface area (Å²) in [7, 11) is 0. The number of likely N-dealkylation sites (tertiary alicyclic amines) is 1. The summed E-state index contributed by atoms with van der Waals surface area (Å²) < 4.78 is 7.75. The highest BCUT2D eigenvalue weighted by Crippen LogP contribution is 2.28. The van der Waals surface area contributed by atoms with Crippen molar-refractivity contribution in [3.63, 3.8) is 0 Å². The lowest BCUT2D eigenvalue weighted by Gasteiger charge is -2.15. The predicted molar refractivity (Wildman–Crippen MR) is 156 cm³/mol. The van der Waals surface area contributed by atoms with Crippen LogP contribution in [0.5, 0.6) is 5.75 Å². The molecule has 6 nitrogen and oxygen atoms in total. The van der Waals surface area contributed by atoms with E-state index in [-0.39, 0.29) is 11.5 Å². The number of aryl methyl sites for hydroxylation is 1. The fraction of sp³-hybridized carbons (Fsp3) is 0.333. The normalized spacial score (nSPS) is 15.5. The van der Waals surface area contributed by atoms with Crippen molar-refractivity contribution in [2.75, 3.05) is 26.2 Å². The Kier molecular flexibility index (Phi) is 7.20. The van der Waals surface area contributed by atoms with E-state index in [0.717, 1.165) is 52.8 Å². The minimum atomic E-state index is -0.0245. The molecule has 0 radical (unpaired) electrons. The van der Waals surface area contributed by atoms with Gasteiger partial charge in [-0.3, -0.25) is 14.5 Å². The van der Waals surface area contributed by atoms with Crippen LogP contribution in [-0.2, 0) is 6.54 Å². The number of hydrogen-bond donors (Lipinski definition) is 1. The van der Waals surface area contributed by atoms with Crippen LogP contribution in [-0.4, -0.2) is 47.7 Å². The number of aromatic nitrogens is 1. The highest BCUT2D eigenvalue weighted by molar-refractivity contribution is 5.96. The van der Waals surface area contributed by atoms with Gasteiger partial charge in [-0.05, 0) is 116 Å². The summed E-state index contributed by atoms with van der Waals surface area (Å²) in [5, 5.41) is 4.63. The second kappa shape index (κ2) is 11.1. The molecular formula is C33H35N3O3. The van der Waals surface area contributed by atoms with Crippen molar-refractivity contribution in [1.82, 2.24) is 14.8 Å². The maximum atomic E-state index is 13.4. The van der Waals surface area contributed by atoms with Crippen LogP contribution < -0.4 is 15.6 Å².